The normalized spacial score (nSPS) is 16.7. The number of hydrogen-bond acceptors (Lipinski definition) is 5. The fraction of sp³-hybridized carbons (Fsp3) is 0.389. The highest BCUT2D eigenvalue weighted by Crippen LogP contribution is 2.23. The van der Waals surface area contributed by atoms with E-state index in [-0.39, 0.29) is 11.9 Å². The van der Waals surface area contributed by atoms with Crippen LogP contribution in [0.4, 0.5) is 0 Å². The van der Waals surface area contributed by atoms with Crippen LogP contribution in [-0.4, -0.2) is 39.9 Å². The van der Waals surface area contributed by atoms with E-state index in [1.54, 1.807) is 24.5 Å². The van der Waals surface area contributed by atoms with E-state index in [0.717, 1.165) is 25.9 Å². The van der Waals surface area contributed by atoms with Crippen LogP contribution in [0.5, 0.6) is 11.6 Å². The van der Waals surface area contributed by atoms with E-state index < -0.39 is 0 Å². The number of benzene rings is 1. The quantitative estimate of drug-likeness (QED) is 0.933. The predicted molar refractivity (Wildman–Crippen MR) is 90.8 cm³/mol. The summed E-state index contributed by atoms with van der Waals surface area (Å²) >= 11 is 0. The summed E-state index contributed by atoms with van der Waals surface area (Å²) in [6, 6.07) is 7.35. The number of rotatable bonds is 4. The van der Waals surface area contributed by atoms with Gasteiger partial charge in [-0.25, -0.2) is 4.98 Å². The second kappa shape index (κ2) is 7.40. The van der Waals surface area contributed by atoms with Crippen molar-refractivity contribution in [2.45, 2.75) is 25.8 Å². The van der Waals surface area contributed by atoms with Crippen LogP contribution in [0, 0.1) is 5.92 Å². The van der Waals surface area contributed by atoms with Gasteiger partial charge in [0.25, 0.3) is 5.91 Å². The molecule has 1 aliphatic heterocycles. The highest BCUT2D eigenvalue weighted by atomic mass is 16.5. The van der Waals surface area contributed by atoms with Crippen LogP contribution in [0.1, 0.15) is 30.1 Å². The van der Waals surface area contributed by atoms with E-state index in [0.29, 0.717) is 23.1 Å². The lowest BCUT2D eigenvalue weighted by atomic mass is 9.90. The Morgan fingerprint density at radius 3 is 2.79 bits per heavy atom. The number of ether oxygens (including phenoxy) is 1. The Kier molecular flexibility index (Phi) is 5.05. The maximum absolute atomic E-state index is 12.7. The molecule has 126 valence electrons. The van der Waals surface area contributed by atoms with Crippen LogP contribution in [0.25, 0.3) is 0 Å². The Bertz CT molecular complexity index is 682. The molecule has 1 aromatic heterocycles. The van der Waals surface area contributed by atoms with E-state index in [4.69, 9.17) is 10.5 Å². The molecule has 2 aromatic rings. The molecular formula is C18H22N4O2. The SMILES string of the molecule is CC(N)C1CCN(C(=O)c2cccc(Oc3cnccn3)c2)CC1. The van der Waals surface area contributed by atoms with Crippen molar-refractivity contribution in [2.24, 2.45) is 11.7 Å². The molecule has 1 unspecified atom stereocenters. The Morgan fingerprint density at radius 1 is 1.33 bits per heavy atom. The number of carbonyl (C=O) groups is 1. The molecule has 0 bridgehead atoms. The van der Waals surface area contributed by atoms with Gasteiger partial charge in [0.1, 0.15) is 5.75 Å². The minimum Gasteiger partial charge on any atom is -0.437 e. The topological polar surface area (TPSA) is 81.3 Å². The van der Waals surface area contributed by atoms with E-state index in [2.05, 4.69) is 9.97 Å². The van der Waals surface area contributed by atoms with Crippen LogP contribution >= 0.6 is 0 Å². The summed E-state index contributed by atoms with van der Waals surface area (Å²) < 4.78 is 5.64. The number of likely N-dealkylation sites (tertiary alicyclic amines) is 1. The lowest BCUT2D eigenvalue weighted by Gasteiger charge is -2.33. The first-order valence-electron chi connectivity index (χ1n) is 8.22. The smallest absolute Gasteiger partial charge is 0.253 e. The van der Waals surface area contributed by atoms with E-state index in [1.807, 2.05) is 24.0 Å². The van der Waals surface area contributed by atoms with Crippen molar-refractivity contribution in [2.75, 3.05) is 13.1 Å². The third kappa shape index (κ3) is 3.89. The van der Waals surface area contributed by atoms with Gasteiger partial charge in [-0.2, -0.15) is 0 Å². The molecule has 1 atom stereocenters. The standard InChI is InChI=1S/C18H22N4O2/c1-13(19)14-5-9-22(10-6-14)18(23)15-3-2-4-16(11-15)24-17-12-20-7-8-21-17/h2-4,7-8,11-14H,5-6,9-10,19H2,1H3. The monoisotopic (exact) mass is 326 g/mol. The van der Waals surface area contributed by atoms with Crippen molar-refractivity contribution in [3.8, 4) is 11.6 Å². The molecule has 24 heavy (non-hydrogen) atoms. The molecule has 2 N–H and O–H groups in total. The third-order valence-electron chi connectivity index (χ3n) is 4.41. The number of hydrogen-bond donors (Lipinski definition) is 1. The molecule has 6 heteroatoms. The molecule has 0 spiro atoms. The maximum Gasteiger partial charge on any atom is 0.253 e. The largest absolute Gasteiger partial charge is 0.437 e. The number of amides is 1. The predicted octanol–water partition coefficient (Wildman–Crippen LogP) is 2.47. The molecule has 6 nitrogen and oxygen atoms in total. The van der Waals surface area contributed by atoms with Gasteiger partial charge in [0.15, 0.2) is 0 Å². The zero-order valence-corrected chi connectivity index (χ0v) is 13.8. The van der Waals surface area contributed by atoms with Gasteiger partial charge >= 0.3 is 0 Å². The fourth-order valence-electron chi connectivity index (χ4n) is 2.96. The van der Waals surface area contributed by atoms with E-state index in [9.17, 15) is 4.79 Å². The first-order chi connectivity index (χ1) is 11.6. The van der Waals surface area contributed by atoms with Gasteiger partial charge in [-0.3, -0.25) is 9.78 Å². The van der Waals surface area contributed by atoms with Crippen molar-refractivity contribution in [1.29, 1.82) is 0 Å². The van der Waals surface area contributed by atoms with Gasteiger partial charge in [-0.05, 0) is 43.9 Å². The van der Waals surface area contributed by atoms with Crippen LogP contribution in [-0.2, 0) is 0 Å². The molecule has 1 aromatic carbocycles. The Balaban J connectivity index is 1.66. The summed E-state index contributed by atoms with van der Waals surface area (Å²) in [5.74, 6) is 1.51. The summed E-state index contributed by atoms with van der Waals surface area (Å²) in [7, 11) is 0. The van der Waals surface area contributed by atoms with Crippen LogP contribution in [0.2, 0.25) is 0 Å². The molecule has 1 amide bonds. The number of piperidine rings is 1. The molecule has 1 saturated heterocycles. The number of aromatic nitrogens is 2. The van der Waals surface area contributed by atoms with Gasteiger partial charge in [-0.1, -0.05) is 6.07 Å². The molecule has 1 fully saturated rings. The highest BCUT2D eigenvalue weighted by Gasteiger charge is 2.25. The Labute approximate surface area is 141 Å². The van der Waals surface area contributed by atoms with Crippen molar-refractivity contribution in [1.82, 2.24) is 14.9 Å². The zero-order valence-electron chi connectivity index (χ0n) is 13.8. The second-order valence-corrected chi connectivity index (χ2v) is 6.16. The van der Waals surface area contributed by atoms with Gasteiger partial charge in [0, 0.05) is 37.1 Å². The molecule has 3 rings (SSSR count). The van der Waals surface area contributed by atoms with Gasteiger partial charge in [0.05, 0.1) is 6.20 Å². The first kappa shape index (κ1) is 16.4. The van der Waals surface area contributed by atoms with Crippen molar-refractivity contribution in [3.05, 3.63) is 48.4 Å². The van der Waals surface area contributed by atoms with Gasteiger partial charge in [0.2, 0.25) is 5.88 Å². The van der Waals surface area contributed by atoms with E-state index in [1.165, 1.54) is 6.20 Å². The summed E-state index contributed by atoms with van der Waals surface area (Å²) in [4.78, 5) is 22.6. The summed E-state index contributed by atoms with van der Waals surface area (Å²) in [6.45, 7) is 3.54. The van der Waals surface area contributed by atoms with Crippen molar-refractivity contribution < 1.29 is 9.53 Å². The van der Waals surface area contributed by atoms with Gasteiger partial charge < -0.3 is 15.4 Å². The summed E-state index contributed by atoms with van der Waals surface area (Å²) in [5.41, 5.74) is 6.58. The Morgan fingerprint density at radius 2 is 2.12 bits per heavy atom. The maximum atomic E-state index is 12.7. The molecule has 1 aliphatic rings. The fourth-order valence-corrected chi connectivity index (χ4v) is 2.96. The molecule has 0 aliphatic carbocycles. The van der Waals surface area contributed by atoms with Crippen LogP contribution in [0.3, 0.4) is 0 Å². The zero-order chi connectivity index (χ0) is 16.9. The summed E-state index contributed by atoms with van der Waals surface area (Å²) in [6.07, 6.45) is 6.59. The van der Waals surface area contributed by atoms with Crippen molar-refractivity contribution >= 4 is 5.91 Å². The molecule has 2 heterocycles. The lowest BCUT2D eigenvalue weighted by Crippen LogP contribution is -2.42. The molecular weight excluding hydrogens is 304 g/mol. The third-order valence-corrected chi connectivity index (χ3v) is 4.41. The lowest BCUT2D eigenvalue weighted by molar-refractivity contribution is 0.0680. The highest BCUT2D eigenvalue weighted by molar-refractivity contribution is 5.94. The first-order valence-corrected chi connectivity index (χ1v) is 8.22. The minimum atomic E-state index is 0.0303. The number of carbonyl (C=O) groups excluding carboxylic acids is 1. The average molecular weight is 326 g/mol. The Hall–Kier alpha value is -2.47. The van der Waals surface area contributed by atoms with Gasteiger partial charge in [-0.15, -0.1) is 0 Å². The number of nitrogens with two attached hydrogens (primary N) is 1. The molecule has 0 saturated carbocycles. The molecule has 0 radical (unpaired) electrons. The van der Waals surface area contributed by atoms with Crippen molar-refractivity contribution in [3.63, 3.8) is 0 Å². The second-order valence-electron chi connectivity index (χ2n) is 6.16. The summed E-state index contributed by atoms with van der Waals surface area (Å²) in [5, 5.41) is 0. The van der Waals surface area contributed by atoms with Crippen LogP contribution in [0.15, 0.2) is 42.9 Å². The number of nitrogens with zero attached hydrogens (tertiary/aromatic N) is 3. The minimum absolute atomic E-state index is 0.0303. The van der Waals surface area contributed by atoms with E-state index >= 15 is 0 Å². The van der Waals surface area contributed by atoms with Crippen LogP contribution < -0.4 is 10.5 Å². The average Bonchev–Trinajstić information content (AvgIpc) is 2.62.